The van der Waals surface area contributed by atoms with Crippen LogP contribution in [0.15, 0.2) is 0 Å². The van der Waals surface area contributed by atoms with E-state index in [0.717, 1.165) is 11.8 Å². The molecule has 10 heteroatoms. The van der Waals surface area contributed by atoms with Gasteiger partial charge < -0.3 is 20.4 Å². The highest BCUT2D eigenvalue weighted by Crippen LogP contribution is 2.35. The predicted molar refractivity (Wildman–Crippen MR) is 128 cm³/mol. The van der Waals surface area contributed by atoms with Crippen molar-refractivity contribution in [3.63, 3.8) is 0 Å². The van der Waals surface area contributed by atoms with E-state index in [1.807, 2.05) is 0 Å². The third kappa shape index (κ3) is 22.2. The molecular weight excluding hydrogens is 448 g/mol. The molecule has 2 fully saturated rings. The molecule has 10 nitrogen and oxygen atoms in total. The van der Waals surface area contributed by atoms with Crippen molar-refractivity contribution in [2.75, 3.05) is 13.2 Å². The lowest BCUT2D eigenvalue weighted by atomic mass is 9.85. The Balaban J connectivity index is 0. The molecule has 0 radical (unpaired) electrons. The van der Waals surface area contributed by atoms with Crippen LogP contribution in [0.4, 0.5) is 9.59 Å². The molecule has 2 saturated carbocycles. The molecule has 2 atom stereocenters. The van der Waals surface area contributed by atoms with Crippen LogP contribution in [-0.2, 0) is 9.78 Å². The Kier molecular flexibility index (Phi) is 22.2. The number of rotatable bonds is 10. The number of hydrogen-bond donors (Lipinski definition) is 6. The molecule has 2 aliphatic rings. The molecule has 0 bridgehead atoms. The van der Waals surface area contributed by atoms with E-state index in [2.05, 4.69) is 37.5 Å². The summed E-state index contributed by atoms with van der Waals surface area (Å²) in [4.78, 5) is 25.7. The summed E-state index contributed by atoms with van der Waals surface area (Å²) in [6.45, 7) is 10.0. The van der Waals surface area contributed by atoms with Crippen LogP contribution >= 0.6 is 0 Å². The smallest absolute Gasteiger partial charge is 0.450 e. The topological polar surface area (TPSA) is 174 Å². The highest BCUT2D eigenvalue weighted by atomic mass is 17.1. The molecule has 2 aliphatic carbocycles. The zero-order valence-electron chi connectivity index (χ0n) is 21.3. The molecule has 2 unspecified atom stereocenters. The van der Waals surface area contributed by atoms with E-state index >= 15 is 0 Å². The summed E-state index contributed by atoms with van der Waals surface area (Å²) in [6.07, 6.45) is 9.50. The van der Waals surface area contributed by atoms with Gasteiger partial charge in [0.05, 0.1) is 13.2 Å². The molecule has 34 heavy (non-hydrogen) atoms. The minimum atomic E-state index is -1.83. The zero-order chi connectivity index (χ0) is 26.5. The normalized spacial score (nSPS) is 17.6. The Hall–Kier alpha value is -1.62. The predicted octanol–water partition coefficient (Wildman–Crippen LogP) is 7.10. The second-order valence-corrected chi connectivity index (χ2v) is 10.0. The van der Waals surface area contributed by atoms with E-state index in [1.165, 1.54) is 64.2 Å². The maximum absolute atomic E-state index is 8.56. The quantitative estimate of drug-likeness (QED) is 0.135. The van der Waals surface area contributed by atoms with Crippen LogP contribution in [0, 0.1) is 35.5 Å². The lowest BCUT2D eigenvalue weighted by Crippen LogP contribution is -2.19. The maximum atomic E-state index is 8.56. The summed E-state index contributed by atoms with van der Waals surface area (Å²) in [5.74, 6) is 4.17. The van der Waals surface area contributed by atoms with Crippen LogP contribution in [0.2, 0.25) is 0 Å². The van der Waals surface area contributed by atoms with E-state index in [-0.39, 0.29) is 0 Å². The molecule has 0 aliphatic heterocycles. The van der Waals surface area contributed by atoms with Crippen molar-refractivity contribution in [3.8, 4) is 0 Å². The summed E-state index contributed by atoms with van der Waals surface area (Å²) in [6, 6.07) is 0. The first-order valence-corrected chi connectivity index (χ1v) is 12.3. The fourth-order valence-electron chi connectivity index (χ4n) is 5.05. The van der Waals surface area contributed by atoms with Crippen LogP contribution < -0.4 is 0 Å². The molecule has 6 N–H and O–H groups in total. The van der Waals surface area contributed by atoms with E-state index < -0.39 is 12.3 Å². The Bertz CT molecular complexity index is 434. The molecule has 0 aromatic rings. The van der Waals surface area contributed by atoms with Gasteiger partial charge in [-0.3, -0.25) is 10.5 Å². The fourth-order valence-corrected chi connectivity index (χ4v) is 5.05. The van der Waals surface area contributed by atoms with Gasteiger partial charge >= 0.3 is 12.3 Å². The Morgan fingerprint density at radius 2 is 0.882 bits per heavy atom. The second-order valence-electron chi connectivity index (χ2n) is 10.0. The summed E-state index contributed by atoms with van der Waals surface area (Å²) < 4.78 is 0. The van der Waals surface area contributed by atoms with Crippen molar-refractivity contribution < 1.29 is 50.3 Å². The molecular formula is C24H48O10. The Labute approximate surface area is 203 Å². The first kappa shape index (κ1) is 34.5. The molecule has 0 spiro atoms. The summed E-state index contributed by atoms with van der Waals surface area (Å²) in [5, 5.41) is 44.9. The Morgan fingerprint density at radius 1 is 0.647 bits per heavy atom. The van der Waals surface area contributed by atoms with Gasteiger partial charge in [0.2, 0.25) is 0 Å². The lowest BCUT2D eigenvalue weighted by Gasteiger charge is -2.23. The largest absolute Gasteiger partial charge is 0.503 e. The molecule has 0 aromatic heterocycles. The average Bonchev–Trinajstić information content (AvgIpc) is 3.41. The molecule has 204 valence electrons. The molecule has 0 saturated heterocycles. The zero-order valence-corrected chi connectivity index (χ0v) is 21.3. The highest BCUT2D eigenvalue weighted by molar-refractivity contribution is 5.53. The molecule has 2 rings (SSSR count). The van der Waals surface area contributed by atoms with Crippen LogP contribution in [0.1, 0.15) is 91.9 Å². The minimum Gasteiger partial charge on any atom is -0.450 e. The van der Waals surface area contributed by atoms with Gasteiger partial charge in [-0.05, 0) is 48.3 Å². The maximum Gasteiger partial charge on any atom is 0.503 e. The van der Waals surface area contributed by atoms with Crippen LogP contribution in [-0.4, -0.2) is 56.5 Å². The van der Waals surface area contributed by atoms with Crippen molar-refractivity contribution in [2.24, 2.45) is 35.5 Å². The lowest BCUT2D eigenvalue weighted by molar-refractivity contribution is -0.254. The summed E-state index contributed by atoms with van der Waals surface area (Å²) in [5.41, 5.74) is 0. The molecule has 0 amide bonds. The van der Waals surface area contributed by atoms with Gasteiger partial charge in [-0.1, -0.05) is 79.1 Å². The summed E-state index contributed by atoms with van der Waals surface area (Å²) >= 11 is 0. The minimum absolute atomic E-state index is 0.531. The average molecular weight is 497 g/mol. The monoisotopic (exact) mass is 496 g/mol. The second kappa shape index (κ2) is 21.9. The van der Waals surface area contributed by atoms with Gasteiger partial charge in [0.25, 0.3) is 0 Å². The fraction of sp³-hybridized carbons (Fsp3) is 0.917. The van der Waals surface area contributed by atoms with Gasteiger partial charge in [0, 0.05) is 0 Å². The first-order chi connectivity index (χ1) is 15.9. The van der Waals surface area contributed by atoms with Crippen LogP contribution in [0.5, 0.6) is 0 Å². The number of carbonyl (C=O) groups is 2. The summed E-state index contributed by atoms with van der Waals surface area (Å²) in [7, 11) is 0. The van der Waals surface area contributed by atoms with E-state index in [0.29, 0.717) is 36.9 Å². The molecule has 0 aromatic carbocycles. The van der Waals surface area contributed by atoms with Crippen molar-refractivity contribution in [2.45, 2.75) is 91.9 Å². The van der Waals surface area contributed by atoms with Gasteiger partial charge in [-0.2, -0.15) is 0 Å². The third-order valence-electron chi connectivity index (χ3n) is 6.26. The number of hydrogen-bond acceptors (Lipinski definition) is 6. The number of carboxylic acid groups (broad SMARTS) is 4. The van der Waals surface area contributed by atoms with Gasteiger partial charge in [-0.15, -0.1) is 0 Å². The van der Waals surface area contributed by atoms with Crippen molar-refractivity contribution in [1.82, 2.24) is 0 Å². The first-order valence-electron chi connectivity index (χ1n) is 12.3. The van der Waals surface area contributed by atoms with E-state index in [1.54, 1.807) is 0 Å². The van der Waals surface area contributed by atoms with Crippen molar-refractivity contribution in [1.29, 1.82) is 0 Å². The van der Waals surface area contributed by atoms with E-state index in [9.17, 15) is 0 Å². The van der Waals surface area contributed by atoms with Crippen LogP contribution in [0.25, 0.3) is 0 Å². The van der Waals surface area contributed by atoms with Crippen LogP contribution in [0.3, 0.4) is 0 Å². The third-order valence-corrected chi connectivity index (χ3v) is 6.26. The van der Waals surface area contributed by atoms with Gasteiger partial charge in [0.1, 0.15) is 0 Å². The van der Waals surface area contributed by atoms with Gasteiger partial charge in [0.15, 0.2) is 0 Å². The van der Waals surface area contributed by atoms with Crippen molar-refractivity contribution >= 4 is 12.3 Å². The Morgan fingerprint density at radius 3 is 1.06 bits per heavy atom. The standard InChI is InChI=1S/2C11H22O2.2CH2O3/c2*1-9(2)7-11(8-13-12)10-5-3-4-6-10;2*2-1(3)4/h2*9-12H,3-8H2,1-2H3;2*(H2,2,3,4). The van der Waals surface area contributed by atoms with Crippen molar-refractivity contribution in [3.05, 3.63) is 0 Å². The SMILES string of the molecule is CC(C)CC(COO)C1CCCC1.CC(C)CC(COO)C1CCCC1.O=C(O)O.O=C(O)O. The van der Waals surface area contributed by atoms with E-state index in [4.69, 9.17) is 40.5 Å². The highest BCUT2D eigenvalue weighted by Gasteiger charge is 2.26. The molecule has 0 heterocycles. The van der Waals surface area contributed by atoms with Gasteiger partial charge in [-0.25, -0.2) is 19.4 Å².